The molecule has 7 aromatic carbocycles. The number of hydrogen-bond donors (Lipinski definition) is 2. The summed E-state index contributed by atoms with van der Waals surface area (Å²) in [5.74, 6) is 0. The molecular formula is C47H42N2. The Labute approximate surface area is 290 Å². The second-order valence-corrected chi connectivity index (χ2v) is 11.9. The quantitative estimate of drug-likeness (QED) is 0.166. The number of hydrogen-bond acceptors (Lipinski definition) is 2. The van der Waals surface area contributed by atoms with Gasteiger partial charge in [0.05, 0.1) is 0 Å². The van der Waals surface area contributed by atoms with Gasteiger partial charge in [-0.05, 0) is 99.4 Å². The van der Waals surface area contributed by atoms with E-state index in [1.165, 1.54) is 51.2 Å². The highest BCUT2D eigenvalue weighted by molar-refractivity contribution is 6.03. The number of nitrogens with one attached hydrogen (secondary N) is 1. The number of anilines is 2. The summed E-state index contributed by atoms with van der Waals surface area (Å²) in [5.41, 5.74) is 18.4. The van der Waals surface area contributed by atoms with Gasteiger partial charge in [-0.2, -0.15) is 0 Å². The number of rotatable bonds is 9. The van der Waals surface area contributed by atoms with E-state index in [4.69, 9.17) is 0 Å². The fourth-order valence-electron chi connectivity index (χ4n) is 6.48. The molecule has 0 aliphatic heterocycles. The minimum absolute atomic E-state index is 0.789. The number of benzene rings is 7. The molecular weight excluding hydrogens is 593 g/mol. The van der Waals surface area contributed by atoms with Gasteiger partial charge in [0.15, 0.2) is 0 Å². The van der Waals surface area contributed by atoms with Gasteiger partial charge in [0.2, 0.25) is 0 Å². The Hall–Kier alpha value is -5.96. The van der Waals surface area contributed by atoms with Crippen LogP contribution < -0.4 is 11.1 Å². The van der Waals surface area contributed by atoms with E-state index in [1.54, 1.807) is 0 Å². The van der Waals surface area contributed by atoms with E-state index in [0.717, 1.165) is 40.1 Å². The normalized spacial score (nSPS) is 10.8. The van der Waals surface area contributed by atoms with E-state index in [-0.39, 0.29) is 0 Å². The van der Waals surface area contributed by atoms with Crippen LogP contribution in [0.15, 0.2) is 176 Å². The third-order valence-electron chi connectivity index (χ3n) is 8.75. The second kappa shape index (κ2) is 15.8. The molecule has 0 spiro atoms. The van der Waals surface area contributed by atoms with Gasteiger partial charge in [-0.25, -0.2) is 0 Å². The molecule has 0 heterocycles. The Morgan fingerprint density at radius 2 is 1.18 bits per heavy atom. The minimum atomic E-state index is 0.789. The molecule has 0 atom stereocenters. The summed E-state index contributed by atoms with van der Waals surface area (Å²) in [6, 6.07) is 58.4. The highest BCUT2D eigenvalue weighted by Crippen LogP contribution is 2.39. The smallest absolute Gasteiger partial charge is 0.0470 e. The summed E-state index contributed by atoms with van der Waals surface area (Å²) in [6.07, 6.45) is 5.03. The van der Waals surface area contributed by atoms with Crippen LogP contribution in [0.3, 0.4) is 0 Å². The Balaban J connectivity index is 0.00000205. The molecule has 0 saturated heterocycles. The molecule has 3 N–H and O–H groups in total. The lowest BCUT2D eigenvalue weighted by molar-refractivity contribution is 1.19. The maximum absolute atomic E-state index is 4.68. The number of fused-ring (bicyclic) bond motifs is 1. The zero-order chi connectivity index (χ0) is 34.0. The number of para-hydroxylation sites is 1. The predicted molar refractivity (Wildman–Crippen MR) is 213 cm³/mol. The summed E-state index contributed by atoms with van der Waals surface area (Å²) < 4.78 is 0. The average Bonchev–Trinajstić information content (AvgIpc) is 3.17. The molecule has 2 heteroatoms. The lowest BCUT2D eigenvalue weighted by Gasteiger charge is -2.20. The summed E-state index contributed by atoms with van der Waals surface area (Å²) >= 11 is 0. The largest absolute Gasteiger partial charge is 0.355 e. The Bertz CT molecular complexity index is 2150. The Morgan fingerprint density at radius 3 is 1.88 bits per heavy atom. The molecule has 0 unspecified atom stereocenters. The highest BCUT2D eigenvalue weighted by Gasteiger charge is 2.16. The first-order valence-electron chi connectivity index (χ1n) is 16.8. The first-order valence-corrected chi connectivity index (χ1v) is 16.8. The molecule has 7 aromatic rings. The molecule has 2 nitrogen and oxygen atoms in total. The first-order chi connectivity index (χ1) is 24.2. The summed E-state index contributed by atoms with van der Waals surface area (Å²) in [7, 11) is 1.50. The molecule has 0 fully saturated rings. The van der Waals surface area contributed by atoms with Crippen molar-refractivity contribution in [2.24, 2.45) is 5.73 Å². The number of nitrogens with two attached hydrogens (primary N) is 1. The molecule has 0 saturated carbocycles. The lowest BCUT2D eigenvalue weighted by atomic mass is 9.90. The van der Waals surface area contributed by atoms with Crippen molar-refractivity contribution in [2.75, 3.05) is 12.4 Å². The van der Waals surface area contributed by atoms with Crippen molar-refractivity contribution in [1.29, 1.82) is 0 Å². The van der Waals surface area contributed by atoms with Crippen molar-refractivity contribution < 1.29 is 0 Å². The third-order valence-corrected chi connectivity index (χ3v) is 8.75. The maximum atomic E-state index is 4.68. The summed E-state index contributed by atoms with van der Waals surface area (Å²) in [6.45, 7) is 6.74. The Kier molecular flexibility index (Phi) is 10.6. The minimum Gasteiger partial charge on any atom is -0.355 e. The monoisotopic (exact) mass is 634 g/mol. The molecule has 0 bridgehead atoms. The van der Waals surface area contributed by atoms with Crippen LogP contribution in [0.5, 0.6) is 0 Å². The average molecular weight is 635 g/mol. The van der Waals surface area contributed by atoms with Crippen LogP contribution in [0.4, 0.5) is 11.4 Å². The van der Waals surface area contributed by atoms with Gasteiger partial charge in [-0.1, -0.05) is 164 Å². The van der Waals surface area contributed by atoms with Crippen LogP contribution in [0.2, 0.25) is 0 Å². The van der Waals surface area contributed by atoms with Crippen molar-refractivity contribution in [3.8, 4) is 22.3 Å². The summed E-state index contributed by atoms with van der Waals surface area (Å²) in [4.78, 5) is 0. The zero-order valence-electron chi connectivity index (χ0n) is 28.2. The van der Waals surface area contributed by atoms with Gasteiger partial charge >= 0.3 is 0 Å². The van der Waals surface area contributed by atoms with Crippen molar-refractivity contribution in [3.05, 3.63) is 204 Å². The van der Waals surface area contributed by atoms with Crippen LogP contribution in [0.25, 0.3) is 44.7 Å². The lowest BCUT2D eigenvalue weighted by Crippen LogP contribution is -2.02. The first kappa shape index (κ1) is 33.0. The van der Waals surface area contributed by atoms with Gasteiger partial charge in [0.25, 0.3) is 0 Å². The topological polar surface area (TPSA) is 38.0 Å². The van der Waals surface area contributed by atoms with Gasteiger partial charge in [0.1, 0.15) is 0 Å². The number of allylic oxidation sites excluding steroid dienone is 1. The van der Waals surface area contributed by atoms with Crippen LogP contribution in [-0.4, -0.2) is 7.05 Å². The van der Waals surface area contributed by atoms with E-state index in [2.05, 4.69) is 200 Å². The van der Waals surface area contributed by atoms with Crippen LogP contribution >= 0.6 is 0 Å². The van der Waals surface area contributed by atoms with Crippen molar-refractivity contribution >= 4 is 33.8 Å². The molecule has 0 amide bonds. The van der Waals surface area contributed by atoms with E-state index < -0.39 is 0 Å². The Morgan fingerprint density at radius 1 is 0.592 bits per heavy atom. The van der Waals surface area contributed by atoms with Crippen molar-refractivity contribution in [3.63, 3.8) is 0 Å². The van der Waals surface area contributed by atoms with Crippen LogP contribution in [0, 0.1) is 0 Å². The van der Waals surface area contributed by atoms with E-state index in [0.29, 0.717) is 0 Å². The molecule has 0 aromatic heterocycles. The van der Waals surface area contributed by atoms with Gasteiger partial charge in [-0.15, -0.1) is 0 Å². The predicted octanol–water partition coefficient (Wildman–Crippen LogP) is 12.2. The van der Waals surface area contributed by atoms with Crippen LogP contribution in [0.1, 0.15) is 34.7 Å². The van der Waals surface area contributed by atoms with Gasteiger partial charge in [0, 0.05) is 16.9 Å². The maximum Gasteiger partial charge on any atom is 0.0470 e. The SMILES string of the molecule is C=C(c1ccccc1/C=C\C)c1c(Nc2ccccc2Cc2cc(-c3ccccc3)cc(-c3ccccc3)c2)ccc2ccccc12.CN. The molecule has 49 heavy (non-hydrogen) atoms. The standard InChI is InChI=1S/C46H37N.CH5N/c1-3-16-37-21-10-13-24-42(37)33(2)46-43-25-14-11-22-38(43)27-28-45(46)47-44-26-15-12-23-39(44)29-34-30-40(35-17-6-4-7-18-35)32-41(31-34)36-19-8-5-9-20-36;1-2/h3-28,30-32,47H,2,29H2,1H3;2H2,1H3/b16-3-;. The van der Waals surface area contributed by atoms with E-state index in [1.807, 2.05) is 0 Å². The van der Waals surface area contributed by atoms with Crippen LogP contribution in [-0.2, 0) is 6.42 Å². The zero-order valence-corrected chi connectivity index (χ0v) is 28.2. The molecule has 7 rings (SSSR count). The molecule has 240 valence electrons. The summed E-state index contributed by atoms with van der Waals surface area (Å²) in [5, 5.41) is 6.24. The van der Waals surface area contributed by atoms with E-state index >= 15 is 0 Å². The van der Waals surface area contributed by atoms with Crippen molar-refractivity contribution in [2.45, 2.75) is 13.3 Å². The molecule has 0 aliphatic rings. The van der Waals surface area contributed by atoms with Gasteiger partial charge in [-0.3, -0.25) is 0 Å². The van der Waals surface area contributed by atoms with Gasteiger partial charge < -0.3 is 11.1 Å². The second-order valence-electron chi connectivity index (χ2n) is 11.9. The fraction of sp³-hybridized carbons (Fsp3) is 0.0638. The molecule has 0 aliphatic carbocycles. The fourth-order valence-corrected chi connectivity index (χ4v) is 6.48. The van der Waals surface area contributed by atoms with Crippen molar-refractivity contribution in [1.82, 2.24) is 0 Å². The van der Waals surface area contributed by atoms with E-state index in [9.17, 15) is 0 Å². The third kappa shape index (κ3) is 7.46. The highest BCUT2D eigenvalue weighted by atomic mass is 14.9. The molecule has 0 radical (unpaired) electrons.